The van der Waals surface area contributed by atoms with Crippen molar-refractivity contribution < 1.29 is 33.3 Å². The summed E-state index contributed by atoms with van der Waals surface area (Å²) in [6, 6.07) is 3.97. The van der Waals surface area contributed by atoms with E-state index in [9.17, 15) is 23.5 Å². The molecule has 5 N–H and O–H groups in total. The van der Waals surface area contributed by atoms with Crippen LogP contribution in [0.3, 0.4) is 0 Å². The average Bonchev–Trinajstić information content (AvgIpc) is 2.95. The number of hydrogen-bond acceptors (Lipinski definition) is 10. The van der Waals surface area contributed by atoms with Gasteiger partial charge in [-0.1, -0.05) is 18.5 Å². The van der Waals surface area contributed by atoms with Crippen molar-refractivity contribution in [1.82, 2.24) is 25.1 Å². The molecule has 0 aliphatic carbocycles. The second-order valence-electron chi connectivity index (χ2n) is 10.4. The summed E-state index contributed by atoms with van der Waals surface area (Å²) < 4.78 is 30.7. The van der Waals surface area contributed by atoms with E-state index in [2.05, 4.69) is 31.8 Å². The number of nitrogen functional groups attached to an aromatic ring is 1. The fourth-order valence-electron chi connectivity index (χ4n) is 5.48. The Labute approximate surface area is 247 Å². The number of rotatable bonds is 9. The van der Waals surface area contributed by atoms with Gasteiger partial charge in [0.25, 0.3) is 11.8 Å². The lowest BCUT2D eigenvalue weighted by atomic mass is 9.97. The number of aliphatic hydroxyl groups is 1. The molecule has 2 aromatic rings. The zero-order chi connectivity index (χ0) is 30.6. The molecule has 0 spiro atoms. The van der Waals surface area contributed by atoms with E-state index < -0.39 is 17.8 Å². The number of phenols is 1. The van der Waals surface area contributed by atoms with Crippen LogP contribution in [0.1, 0.15) is 54.0 Å². The van der Waals surface area contributed by atoms with Gasteiger partial charge in [0.05, 0.1) is 12.2 Å². The molecule has 1 atom stereocenters. The van der Waals surface area contributed by atoms with Gasteiger partial charge in [0, 0.05) is 64.3 Å². The molecular weight excluding hydrogens is 576 g/mol. The number of piperazine rings is 1. The summed E-state index contributed by atoms with van der Waals surface area (Å²) in [4.78, 5) is 40.0. The molecule has 4 rings (SSSR count). The van der Waals surface area contributed by atoms with Crippen molar-refractivity contribution in [3.05, 3.63) is 34.6 Å². The minimum Gasteiger partial charge on any atom is -0.507 e. The molecule has 42 heavy (non-hydrogen) atoms. The highest BCUT2D eigenvalue weighted by molar-refractivity contribution is 6.32. The maximum absolute atomic E-state index is 13.1. The maximum atomic E-state index is 13.1. The first-order chi connectivity index (χ1) is 19.9. The monoisotopic (exact) mass is 611 g/mol. The van der Waals surface area contributed by atoms with Crippen LogP contribution in [0.15, 0.2) is 18.2 Å². The molecule has 3 heterocycles. The third-order valence-corrected chi connectivity index (χ3v) is 7.75. The molecule has 15 heteroatoms. The molecular formula is C27H36ClF2N7O5. The number of aromatic nitrogens is 2. The molecule has 0 saturated carbocycles. The molecule has 2 saturated heterocycles. The van der Waals surface area contributed by atoms with Crippen LogP contribution < -0.4 is 20.7 Å². The van der Waals surface area contributed by atoms with Crippen LogP contribution in [0.25, 0.3) is 0 Å². The summed E-state index contributed by atoms with van der Waals surface area (Å²) >= 11 is 6.42. The normalized spacial score (nSPS) is 18.7. The molecule has 0 bridgehead atoms. The number of aromatic hydroxyl groups is 1. The first-order valence-corrected chi connectivity index (χ1v) is 14.2. The Balaban J connectivity index is 1.36. The Morgan fingerprint density at radius 1 is 1.21 bits per heavy atom. The summed E-state index contributed by atoms with van der Waals surface area (Å²) in [5.74, 6) is -1.20. The average molecular weight is 612 g/mol. The Kier molecular flexibility index (Phi) is 9.89. The number of anilines is 2. The number of piperidine rings is 1. The molecule has 1 aromatic carbocycles. The zero-order valence-electron chi connectivity index (χ0n) is 23.5. The number of aliphatic hydroxyl groups excluding tert-OH is 1. The second-order valence-corrected chi connectivity index (χ2v) is 10.8. The fraction of sp³-hybridized carbons (Fsp3) is 0.556. The van der Waals surface area contributed by atoms with Gasteiger partial charge >= 0.3 is 6.11 Å². The van der Waals surface area contributed by atoms with E-state index >= 15 is 0 Å². The van der Waals surface area contributed by atoms with E-state index in [1.807, 2.05) is 4.90 Å². The summed E-state index contributed by atoms with van der Waals surface area (Å²) in [6.45, 7) is 5.45. The van der Waals surface area contributed by atoms with Gasteiger partial charge in [-0.2, -0.15) is 8.78 Å². The van der Waals surface area contributed by atoms with Gasteiger partial charge in [0.2, 0.25) is 0 Å². The Morgan fingerprint density at radius 3 is 2.55 bits per heavy atom. The Bertz CT molecular complexity index is 1290. The number of benzene rings is 1. The van der Waals surface area contributed by atoms with Crippen LogP contribution in [0, 0.1) is 0 Å². The number of nitrogens with one attached hydrogen (secondary N) is 1. The molecule has 2 amide bonds. The van der Waals surface area contributed by atoms with E-state index in [-0.39, 0.29) is 59.1 Å². The van der Waals surface area contributed by atoms with Crippen LogP contribution in [0.5, 0.6) is 11.5 Å². The van der Waals surface area contributed by atoms with Crippen molar-refractivity contribution >= 4 is 35.1 Å². The van der Waals surface area contributed by atoms with Crippen molar-refractivity contribution in [2.24, 2.45) is 0 Å². The SMILES string of the molecule is CC[C@H]1CN(c2nc(N)c(C(=O)NCCO)nc2Cl)CCN1C1CCN(C(=O)c2ccc(OC(C)(F)F)cc2O)CC1. The number of hydrogen-bond donors (Lipinski definition) is 4. The Morgan fingerprint density at radius 2 is 1.93 bits per heavy atom. The lowest BCUT2D eigenvalue weighted by Gasteiger charge is -2.47. The minimum atomic E-state index is -3.40. The molecule has 230 valence electrons. The standard InChI is InChI=1S/C27H36ClF2N7O5/c1-3-16-15-36(24-22(28)33-21(23(31)34-24)25(40)32-8-13-38)11-12-37(16)17-6-9-35(10-7-17)26(41)19-5-4-18(14-20(19)39)42-27(2,29)30/h4-5,14,16-17,38-39H,3,6-13,15H2,1-2H3,(H2,31,34)(H,32,40)/t16-/m0/s1. The first kappa shape index (κ1) is 31.4. The quantitative estimate of drug-likeness (QED) is 0.332. The number of ether oxygens (including phenoxy) is 1. The zero-order valence-corrected chi connectivity index (χ0v) is 24.3. The number of phenolic OH excluding ortho intramolecular Hbond substituents is 1. The predicted molar refractivity (Wildman–Crippen MR) is 152 cm³/mol. The minimum absolute atomic E-state index is 0.0365. The van der Waals surface area contributed by atoms with Gasteiger partial charge in [-0.3, -0.25) is 14.5 Å². The van der Waals surface area contributed by atoms with Gasteiger partial charge in [-0.15, -0.1) is 0 Å². The van der Waals surface area contributed by atoms with Gasteiger partial charge in [-0.25, -0.2) is 9.97 Å². The van der Waals surface area contributed by atoms with Crippen molar-refractivity contribution in [1.29, 1.82) is 0 Å². The fourth-order valence-corrected chi connectivity index (χ4v) is 5.73. The highest BCUT2D eigenvalue weighted by atomic mass is 35.5. The van der Waals surface area contributed by atoms with E-state index in [0.29, 0.717) is 38.9 Å². The van der Waals surface area contributed by atoms with Crippen molar-refractivity contribution in [3.63, 3.8) is 0 Å². The number of nitrogens with zero attached hydrogens (tertiary/aromatic N) is 5. The van der Waals surface area contributed by atoms with Crippen LogP contribution >= 0.6 is 11.6 Å². The van der Waals surface area contributed by atoms with Gasteiger partial charge in [0.1, 0.15) is 11.5 Å². The number of amides is 2. The van der Waals surface area contributed by atoms with Crippen molar-refractivity contribution in [3.8, 4) is 11.5 Å². The van der Waals surface area contributed by atoms with Crippen LogP contribution in [0.2, 0.25) is 5.15 Å². The summed E-state index contributed by atoms with van der Waals surface area (Å²) in [7, 11) is 0. The highest BCUT2D eigenvalue weighted by Crippen LogP contribution is 2.32. The molecule has 0 radical (unpaired) electrons. The number of likely N-dealkylation sites (tertiary alicyclic amines) is 1. The van der Waals surface area contributed by atoms with Crippen molar-refractivity contribution in [2.75, 3.05) is 56.5 Å². The van der Waals surface area contributed by atoms with E-state index in [4.69, 9.17) is 22.4 Å². The molecule has 2 aliphatic heterocycles. The topological polar surface area (TPSA) is 157 Å². The molecule has 0 unspecified atom stereocenters. The van der Waals surface area contributed by atoms with Gasteiger partial charge in [0.15, 0.2) is 22.5 Å². The number of alkyl halides is 2. The smallest absolute Gasteiger partial charge is 0.394 e. The predicted octanol–water partition coefficient (Wildman–Crippen LogP) is 2.34. The van der Waals surface area contributed by atoms with Gasteiger partial charge in [-0.05, 0) is 31.4 Å². The van der Waals surface area contributed by atoms with E-state index in [1.165, 1.54) is 12.1 Å². The summed E-state index contributed by atoms with van der Waals surface area (Å²) in [5.41, 5.74) is 5.97. The third-order valence-electron chi connectivity index (χ3n) is 7.49. The first-order valence-electron chi connectivity index (χ1n) is 13.8. The maximum Gasteiger partial charge on any atom is 0.394 e. The second kappa shape index (κ2) is 13.2. The molecule has 2 fully saturated rings. The van der Waals surface area contributed by atoms with Crippen LogP contribution in [0.4, 0.5) is 20.4 Å². The summed E-state index contributed by atoms with van der Waals surface area (Å²) in [6.07, 6.45) is -1.08. The lowest BCUT2D eigenvalue weighted by Crippen LogP contribution is -2.58. The van der Waals surface area contributed by atoms with E-state index in [0.717, 1.165) is 31.9 Å². The highest BCUT2D eigenvalue weighted by Gasteiger charge is 2.36. The van der Waals surface area contributed by atoms with Crippen molar-refractivity contribution in [2.45, 2.75) is 51.3 Å². The third kappa shape index (κ3) is 7.28. The van der Waals surface area contributed by atoms with Gasteiger partial charge < -0.3 is 35.8 Å². The molecule has 12 nitrogen and oxygen atoms in total. The van der Waals surface area contributed by atoms with E-state index in [1.54, 1.807) is 4.90 Å². The molecule has 2 aliphatic rings. The van der Waals surface area contributed by atoms with Crippen LogP contribution in [-0.4, -0.2) is 106 Å². The number of nitrogens with two attached hydrogens (primary N) is 1. The number of halogens is 3. The largest absolute Gasteiger partial charge is 0.507 e. The lowest BCUT2D eigenvalue weighted by molar-refractivity contribution is -0.159. The number of carbonyl (C=O) groups excluding carboxylic acids is 2. The Hall–Kier alpha value is -3.49. The van der Waals surface area contributed by atoms with Crippen LogP contribution in [-0.2, 0) is 0 Å². The molecule has 1 aromatic heterocycles. The number of carbonyl (C=O) groups is 2. The summed E-state index contributed by atoms with van der Waals surface area (Å²) in [5, 5.41) is 21.8.